The number of rotatable bonds is 0. The van der Waals surface area contributed by atoms with Gasteiger partial charge in [-0.1, -0.05) is 31.9 Å². The molecular weight excluding hydrogens is 276 g/mol. The molecule has 2 N–H and O–H groups in total. The molecule has 122 valence electrons. The standard InChI is InChI=1S/C19H28O3/c1-17-9-4-3-5-12(17)6-7-13-14(17)8-10-18(2)15(13)11-16(20)19(18,21)22/h6,13-15,21-22H,3-5,7-11H2,1-2H3/t13-,14-,15+,17+,18+/m1/s1. The Hall–Kier alpha value is -0.670. The van der Waals surface area contributed by atoms with Crippen molar-refractivity contribution in [3.63, 3.8) is 0 Å². The average Bonchev–Trinajstić information content (AvgIpc) is 2.66. The van der Waals surface area contributed by atoms with Gasteiger partial charge in [0.1, 0.15) is 0 Å². The first kappa shape index (κ1) is 14.9. The third kappa shape index (κ3) is 1.62. The van der Waals surface area contributed by atoms with Gasteiger partial charge in [-0.25, -0.2) is 0 Å². The summed E-state index contributed by atoms with van der Waals surface area (Å²) >= 11 is 0. The zero-order valence-electron chi connectivity index (χ0n) is 13.8. The van der Waals surface area contributed by atoms with E-state index in [0.29, 0.717) is 23.7 Å². The molecule has 0 saturated heterocycles. The van der Waals surface area contributed by atoms with Crippen molar-refractivity contribution < 1.29 is 15.0 Å². The van der Waals surface area contributed by atoms with Gasteiger partial charge in [0, 0.05) is 11.8 Å². The lowest BCUT2D eigenvalue weighted by molar-refractivity contribution is -0.236. The van der Waals surface area contributed by atoms with Crippen molar-refractivity contribution >= 4 is 5.78 Å². The van der Waals surface area contributed by atoms with Crippen molar-refractivity contribution in [2.45, 2.75) is 71.0 Å². The lowest BCUT2D eigenvalue weighted by Gasteiger charge is -2.57. The largest absolute Gasteiger partial charge is 0.359 e. The van der Waals surface area contributed by atoms with Crippen LogP contribution in [0, 0.1) is 28.6 Å². The molecule has 0 bridgehead atoms. The first-order valence-electron chi connectivity index (χ1n) is 8.98. The number of allylic oxidation sites excluding steroid dienone is 2. The van der Waals surface area contributed by atoms with Crippen molar-refractivity contribution in [2.24, 2.45) is 28.6 Å². The zero-order valence-corrected chi connectivity index (χ0v) is 13.8. The Morgan fingerprint density at radius 1 is 1.14 bits per heavy atom. The van der Waals surface area contributed by atoms with Gasteiger partial charge in [0.2, 0.25) is 5.79 Å². The van der Waals surface area contributed by atoms with Gasteiger partial charge in [-0.2, -0.15) is 0 Å². The molecule has 3 heteroatoms. The van der Waals surface area contributed by atoms with Gasteiger partial charge < -0.3 is 10.2 Å². The fraction of sp³-hybridized carbons (Fsp3) is 0.842. The maximum absolute atomic E-state index is 12.2. The van der Waals surface area contributed by atoms with Crippen LogP contribution in [0.1, 0.15) is 65.2 Å². The highest BCUT2D eigenvalue weighted by molar-refractivity contribution is 5.89. The Labute approximate surface area is 132 Å². The van der Waals surface area contributed by atoms with Gasteiger partial charge in [-0.15, -0.1) is 0 Å². The fourth-order valence-corrected chi connectivity index (χ4v) is 6.49. The number of hydrogen-bond donors (Lipinski definition) is 2. The van der Waals surface area contributed by atoms with E-state index in [2.05, 4.69) is 13.0 Å². The van der Waals surface area contributed by atoms with E-state index >= 15 is 0 Å². The maximum atomic E-state index is 12.2. The summed E-state index contributed by atoms with van der Waals surface area (Å²) in [4.78, 5) is 12.2. The summed E-state index contributed by atoms with van der Waals surface area (Å²) in [7, 11) is 0. The number of ketones is 1. The summed E-state index contributed by atoms with van der Waals surface area (Å²) in [6, 6.07) is 0. The van der Waals surface area contributed by atoms with Gasteiger partial charge in [0.25, 0.3) is 0 Å². The van der Waals surface area contributed by atoms with Crippen LogP contribution in [0.2, 0.25) is 0 Å². The lowest BCUT2D eigenvalue weighted by Crippen LogP contribution is -2.55. The summed E-state index contributed by atoms with van der Waals surface area (Å²) in [5.74, 6) is -1.28. The molecule has 0 heterocycles. The van der Waals surface area contributed by atoms with Crippen molar-refractivity contribution in [2.75, 3.05) is 0 Å². The van der Waals surface area contributed by atoms with E-state index in [1.807, 2.05) is 6.92 Å². The minimum atomic E-state index is -2.11. The zero-order chi connectivity index (χ0) is 15.8. The lowest BCUT2D eigenvalue weighted by atomic mass is 9.48. The van der Waals surface area contributed by atoms with Crippen LogP contribution in [0.25, 0.3) is 0 Å². The second-order valence-electron chi connectivity index (χ2n) is 8.72. The van der Waals surface area contributed by atoms with Crippen LogP contribution < -0.4 is 0 Å². The van der Waals surface area contributed by atoms with E-state index in [1.165, 1.54) is 25.7 Å². The molecule has 5 atom stereocenters. The molecule has 0 radical (unpaired) electrons. The molecule has 0 aliphatic heterocycles. The number of aliphatic hydroxyl groups is 2. The van der Waals surface area contributed by atoms with E-state index in [9.17, 15) is 15.0 Å². The monoisotopic (exact) mass is 304 g/mol. The molecule has 0 aromatic rings. The topological polar surface area (TPSA) is 57.5 Å². The van der Waals surface area contributed by atoms with Crippen molar-refractivity contribution in [3.05, 3.63) is 11.6 Å². The highest BCUT2D eigenvalue weighted by atomic mass is 16.5. The van der Waals surface area contributed by atoms with Crippen molar-refractivity contribution in [1.29, 1.82) is 0 Å². The molecule has 3 fully saturated rings. The molecule has 0 amide bonds. The van der Waals surface area contributed by atoms with Gasteiger partial charge in [-0.05, 0) is 61.7 Å². The number of fused-ring (bicyclic) bond motifs is 5. The van der Waals surface area contributed by atoms with E-state index in [0.717, 1.165) is 19.3 Å². The molecule has 3 nitrogen and oxygen atoms in total. The van der Waals surface area contributed by atoms with Crippen LogP contribution in [0.3, 0.4) is 0 Å². The van der Waals surface area contributed by atoms with E-state index in [1.54, 1.807) is 5.57 Å². The van der Waals surface area contributed by atoms with Gasteiger partial charge >= 0.3 is 0 Å². The molecule has 0 spiro atoms. The quantitative estimate of drug-likeness (QED) is 0.534. The fourth-order valence-electron chi connectivity index (χ4n) is 6.49. The van der Waals surface area contributed by atoms with Crippen LogP contribution in [-0.4, -0.2) is 21.8 Å². The number of Topliss-reactive ketones (excluding diaryl/α,β-unsaturated/α-hetero) is 1. The number of carbonyl (C=O) groups excluding carboxylic acids is 1. The van der Waals surface area contributed by atoms with Crippen LogP contribution in [0.15, 0.2) is 11.6 Å². The molecule has 4 aliphatic rings. The van der Waals surface area contributed by atoms with Crippen LogP contribution >= 0.6 is 0 Å². The Morgan fingerprint density at radius 3 is 2.68 bits per heavy atom. The molecule has 4 rings (SSSR count). The van der Waals surface area contributed by atoms with Gasteiger partial charge in [-0.3, -0.25) is 4.79 Å². The maximum Gasteiger partial charge on any atom is 0.229 e. The minimum Gasteiger partial charge on any atom is -0.359 e. The first-order chi connectivity index (χ1) is 10.3. The number of hydrogen-bond acceptors (Lipinski definition) is 3. The molecule has 22 heavy (non-hydrogen) atoms. The summed E-state index contributed by atoms with van der Waals surface area (Å²) in [6.07, 6.45) is 10.7. The van der Waals surface area contributed by atoms with Crippen LogP contribution in [0.4, 0.5) is 0 Å². The van der Waals surface area contributed by atoms with E-state index in [-0.39, 0.29) is 11.7 Å². The highest BCUT2D eigenvalue weighted by Crippen LogP contribution is 2.65. The molecular formula is C19H28O3. The molecule has 0 aromatic carbocycles. The van der Waals surface area contributed by atoms with Crippen molar-refractivity contribution in [1.82, 2.24) is 0 Å². The SMILES string of the molecule is C[C@]12CCCCC1=CC[C@@H]1[C@H]2CC[C@@]2(C)[C@H]1CC(=O)C2(O)O. The average molecular weight is 304 g/mol. The normalized spacial score (nSPS) is 49.9. The predicted octanol–water partition coefficient (Wildman–Crippen LogP) is 3.20. The van der Waals surface area contributed by atoms with Crippen LogP contribution in [0.5, 0.6) is 0 Å². The Balaban J connectivity index is 1.73. The number of carbonyl (C=O) groups is 1. The second-order valence-corrected chi connectivity index (χ2v) is 8.72. The molecule has 0 aromatic heterocycles. The molecule has 4 aliphatic carbocycles. The molecule has 0 unspecified atom stereocenters. The smallest absolute Gasteiger partial charge is 0.229 e. The predicted molar refractivity (Wildman–Crippen MR) is 83.9 cm³/mol. The summed E-state index contributed by atoms with van der Waals surface area (Å²) in [5.41, 5.74) is 1.29. The second kappa shape index (κ2) is 4.45. The summed E-state index contributed by atoms with van der Waals surface area (Å²) in [5, 5.41) is 20.8. The van der Waals surface area contributed by atoms with Gasteiger partial charge in [0.15, 0.2) is 5.78 Å². The summed E-state index contributed by atoms with van der Waals surface area (Å²) < 4.78 is 0. The van der Waals surface area contributed by atoms with Gasteiger partial charge in [0.05, 0.1) is 0 Å². The van der Waals surface area contributed by atoms with E-state index in [4.69, 9.17) is 0 Å². The third-order valence-corrected chi connectivity index (χ3v) is 8.00. The minimum absolute atomic E-state index is 0.130. The Kier molecular flexibility index (Phi) is 3.01. The Morgan fingerprint density at radius 2 is 1.91 bits per heavy atom. The third-order valence-electron chi connectivity index (χ3n) is 8.00. The Bertz CT molecular complexity index is 549. The summed E-state index contributed by atoms with van der Waals surface area (Å²) in [6.45, 7) is 4.36. The first-order valence-corrected chi connectivity index (χ1v) is 8.98. The van der Waals surface area contributed by atoms with Crippen LogP contribution in [-0.2, 0) is 4.79 Å². The molecule has 3 saturated carbocycles. The highest BCUT2D eigenvalue weighted by Gasteiger charge is 2.67. The van der Waals surface area contributed by atoms with Crippen molar-refractivity contribution in [3.8, 4) is 0 Å². The van der Waals surface area contributed by atoms with E-state index < -0.39 is 11.2 Å².